The molecule has 0 unspecified atom stereocenters. The lowest BCUT2D eigenvalue weighted by molar-refractivity contribution is -0.116. The van der Waals surface area contributed by atoms with Gasteiger partial charge in [0.15, 0.2) is 0 Å². The Morgan fingerprint density at radius 2 is 2.04 bits per heavy atom. The number of anilines is 2. The van der Waals surface area contributed by atoms with Crippen molar-refractivity contribution in [3.8, 4) is 0 Å². The molecule has 1 aliphatic rings. The van der Waals surface area contributed by atoms with Crippen molar-refractivity contribution in [3.05, 3.63) is 48.4 Å². The number of rotatable bonds is 5. The molecule has 1 aromatic carbocycles. The van der Waals surface area contributed by atoms with E-state index >= 15 is 0 Å². The normalized spacial score (nSPS) is 14.5. The Morgan fingerprint density at radius 3 is 2.81 bits per heavy atom. The van der Waals surface area contributed by atoms with Crippen molar-refractivity contribution < 1.29 is 9.53 Å². The number of benzene rings is 1. The van der Waals surface area contributed by atoms with Gasteiger partial charge in [-0.15, -0.1) is 0 Å². The highest BCUT2D eigenvalue weighted by Gasteiger charge is 2.12. The van der Waals surface area contributed by atoms with Gasteiger partial charge in [0.25, 0.3) is 0 Å². The SMILES string of the molecule is O=C(CCc1nc2ccccc2[nH]1)Nc1ccc(N2CCOCC2)cn1. The van der Waals surface area contributed by atoms with E-state index in [-0.39, 0.29) is 5.91 Å². The lowest BCUT2D eigenvalue weighted by Gasteiger charge is -2.28. The topological polar surface area (TPSA) is 83.1 Å². The van der Waals surface area contributed by atoms with Crippen molar-refractivity contribution >= 4 is 28.4 Å². The third-order valence-corrected chi connectivity index (χ3v) is 4.42. The second-order valence-corrected chi connectivity index (χ2v) is 6.25. The second-order valence-electron chi connectivity index (χ2n) is 6.25. The third-order valence-electron chi connectivity index (χ3n) is 4.42. The first-order chi connectivity index (χ1) is 12.8. The number of nitrogens with zero attached hydrogens (tertiary/aromatic N) is 3. The summed E-state index contributed by atoms with van der Waals surface area (Å²) in [5.41, 5.74) is 2.96. The Labute approximate surface area is 151 Å². The summed E-state index contributed by atoms with van der Waals surface area (Å²) in [5, 5.41) is 2.84. The van der Waals surface area contributed by atoms with Gasteiger partial charge in [0.1, 0.15) is 11.6 Å². The van der Waals surface area contributed by atoms with Gasteiger partial charge in [0.2, 0.25) is 5.91 Å². The molecule has 1 saturated heterocycles. The molecule has 7 heteroatoms. The molecule has 2 N–H and O–H groups in total. The van der Waals surface area contributed by atoms with Crippen molar-refractivity contribution in [2.45, 2.75) is 12.8 Å². The van der Waals surface area contributed by atoms with E-state index in [1.54, 1.807) is 6.20 Å². The monoisotopic (exact) mass is 351 g/mol. The fourth-order valence-electron chi connectivity index (χ4n) is 3.03. The number of H-pyrrole nitrogens is 1. The zero-order chi connectivity index (χ0) is 17.8. The number of imidazole rings is 1. The number of aryl methyl sites for hydroxylation is 1. The van der Waals surface area contributed by atoms with Gasteiger partial charge in [-0.05, 0) is 24.3 Å². The van der Waals surface area contributed by atoms with E-state index < -0.39 is 0 Å². The number of carbonyl (C=O) groups is 1. The molecular formula is C19H21N5O2. The summed E-state index contributed by atoms with van der Waals surface area (Å²) >= 11 is 0. The fraction of sp³-hybridized carbons (Fsp3) is 0.316. The van der Waals surface area contributed by atoms with Crippen LogP contribution in [0.15, 0.2) is 42.6 Å². The van der Waals surface area contributed by atoms with E-state index in [4.69, 9.17) is 4.74 Å². The zero-order valence-electron chi connectivity index (χ0n) is 14.4. The van der Waals surface area contributed by atoms with Gasteiger partial charge in [-0.25, -0.2) is 9.97 Å². The Morgan fingerprint density at radius 1 is 1.19 bits per heavy atom. The van der Waals surface area contributed by atoms with E-state index in [9.17, 15) is 4.79 Å². The molecule has 3 aromatic rings. The summed E-state index contributed by atoms with van der Waals surface area (Å²) in [6.45, 7) is 3.20. The number of hydrogen-bond acceptors (Lipinski definition) is 5. The van der Waals surface area contributed by atoms with Crippen LogP contribution in [-0.4, -0.2) is 47.2 Å². The van der Waals surface area contributed by atoms with Crippen LogP contribution < -0.4 is 10.2 Å². The predicted molar refractivity (Wildman–Crippen MR) is 100 cm³/mol. The summed E-state index contributed by atoms with van der Waals surface area (Å²) in [4.78, 5) is 26.5. The Bertz CT molecular complexity index is 851. The van der Waals surface area contributed by atoms with Crippen LogP contribution in [0.1, 0.15) is 12.2 Å². The Balaban J connectivity index is 1.31. The first-order valence-electron chi connectivity index (χ1n) is 8.80. The molecule has 0 atom stereocenters. The maximum Gasteiger partial charge on any atom is 0.225 e. The molecule has 2 aromatic heterocycles. The number of aromatic nitrogens is 3. The van der Waals surface area contributed by atoms with Crippen molar-refractivity contribution in [3.63, 3.8) is 0 Å². The van der Waals surface area contributed by atoms with Crippen LogP contribution in [0.25, 0.3) is 11.0 Å². The van der Waals surface area contributed by atoms with E-state index in [1.165, 1.54) is 0 Å². The molecule has 1 aliphatic heterocycles. The van der Waals surface area contributed by atoms with Crippen LogP contribution in [-0.2, 0) is 16.0 Å². The van der Waals surface area contributed by atoms with Crippen LogP contribution in [0.2, 0.25) is 0 Å². The number of para-hydroxylation sites is 2. The molecule has 0 radical (unpaired) electrons. The number of aromatic amines is 1. The highest BCUT2D eigenvalue weighted by Crippen LogP contribution is 2.17. The number of ether oxygens (including phenoxy) is 1. The lowest BCUT2D eigenvalue weighted by Crippen LogP contribution is -2.36. The van der Waals surface area contributed by atoms with Crippen molar-refractivity contribution in [1.29, 1.82) is 0 Å². The van der Waals surface area contributed by atoms with Gasteiger partial charge < -0.3 is 19.9 Å². The van der Waals surface area contributed by atoms with Crippen molar-refractivity contribution in [2.24, 2.45) is 0 Å². The fourth-order valence-corrected chi connectivity index (χ4v) is 3.03. The van der Waals surface area contributed by atoms with Gasteiger partial charge in [0.05, 0.1) is 36.1 Å². The minimum Gasteiger partial charge on any atom is -0.378 e. The van der Waals surface area contributed by atoms with Crippen molar-refractivity contribution in [1.82, 2.24) is 15.0 Å². The number of pyridine rings is 1. The molecule has 1 fully saturated rings. The number of hydrogen-bond donors (Lipinski definition) is 2. The molecule has 1 amide bonds. The third kappa shape index (κ3) is 3.83. The molecule has 3 heterocycles. The Kier molecular flexibility index (Phi) is 4.79. The van der Waals surface area contributed by atoms with Crippen molar-refractivity contribution in [2.75, 3.05) is 36.5 Å². The quantitative estimate of drug-likeness (QED) is 0.737. The van der Waals surface area contributed by atoms with Gasteiger partial charge in [-0.2, -0.15) is 0 Å². The van der Waals surface area contributed by atoms with Gasteiger partial charge in [0, 0.05) is 25.9 Å². The summed E-state index contributed by atoms with van der Waals surface area (Å²) < 4.78 is 5.35. The molecule has 26 heavy (non-hydrogen) atoms. The first kappa shape index (κ1) is 16.5. The Hall–Kier alpha value is -2.93. The average molecular weight is 351 g/mol. The second kappa shape index (κ2) is 7.53. The zero-order valence-corrected chi connectivity index (χ0v) is 14.4. The van der Waals surface area contributed by atoms with E-state index in [2.05, 4.69) is 25.2 Å². The number of nitrogens with one attached hydrogen (secondary N) is 2. The molecular weight excluding hydrogens is 330 g/mol. The minimum atomic E-state index is -0.0721. The average Bonchev–Trinajstić information content (AvgIpc) is 3.11. The van der Waals surface area contributed by atoms with E-state index in [0.717, 1.165) is 48.8 Å². The molecule has 0 saturated carbocycles. The molecule has 7 nitrogen and oxygen atoms in total. The molecule has 0 aliphatic carbocycles. The molecule has 134 valence electrons. The number of fused-ring (bicyclic) bond motifs is 1. The van der Waals surface area contributed by atoms with E-state index in [1.807, 2.05) is 36.4 Å². The molecule has 4 rings (SSSR count). The first-order valence-corrected chi connectivity index (χ1v) is 8.80. The maximum atomic E-state index is 12.2. The van der Waals surface area contributed by atoms with Crippen LogP contribution in [0, 0.1) is 0 Å². The maximum absolute atomic E-state index is 12.2. The predicted octanol–water partition coefficient (Wildman–Crippen LogP) is 2.37. The lowest BCUT2D eigenvalue weighted by atomic mass is 10.3. The van der Waals surface area contributed by atoms with E-state index in [0.29, 0.717) is 18.7 Å². The van der Waals surface area contributed by atoms with Crippen LogP contribution in [0.5, 0.6) is 0 Å². The summed E-state index contributed by atoms with van der Waals surface area (Å²) in [7, 11) is 0. The summed E-state index contributed by atoms with van der Waals surface area (Å²) in [6, 6.07) is 11.7. The van der Waals surface area contributed by atoms with Crippen LogP contribution in [0.3, 0.4) is 0 Å². The van der Waals surface area contributed by atoms with Gasteiger partial charge in [-0.3, -0.25) is 4.79 Å². The number of carbonyl (C=O) groups excluding carboxylic acids is 1. The minimum absolute atomic E-state index is 0.0721. The summed E-state index contributed by atoms with van der Waals surface area (Å²) in [6.07, 6.45) is 2.71. The number of amides is 1. The van der Waals surface area contributed by atoms with Crippen LogP contribution >= 0.6 is 0 Å². The standard InChI is InChI=1S/C19H21N5O2/c25-19(8-7-18-21-15-3-1-2-4-16(15)22-18)23-17-6-5-14(13-20-17)24-9-11-26-12-10-24/h1-6,13H,7-12H2,(H,21,22)(H,20,23,25). The number of morpholine rings is 1. The highest BCUT2D eigenvalue weighted by atomic mass is 16.5. The van der Waals surface area contributed by atoms with Gasteiger partial charge >= 0.3 is 0 Å². The largest absolute Gasteiger partial charge is 0.378 e. The summed E-state index contributed by atoms with van der Waals surface area (Å²) in [5.74, 6) is 1.31. The highest BCUT2D eigenvalue weighted by molar-refractivity contribution is 5.90. The molecule has 0 spiro atoms. The van der Waals surface area contributed by atoms with Gasteiger partial charge in [-0.1, -0.05) is 12.1 Å². The molecule has 0 bridgehead atoms. The smallest absolute Gasteiger partial charge is 0.225 e. The van der Waals surface area contributed by atoms with Crippen LogP contribution in [0.4, 0.5) is 11.5 Å².